The van der Waals surface area contributed by atoms with Crippen molar-refractivity contribution in [2.24, 2.45) is 0 Å². The monoisotopic (exact) mass is 283 g/mol. The zero-order valence-electron chi connectivity index (χ0n) is 9.94. The van der Waals surface area contributed by atoms with Crippen molar-refractivity contribution in [3.8, 4) is 0 Å². The van der Waals surface area contributed by atoms with Gasteiger partial charge in [0.1, 0.15) is 5.15 Å². The van der Waals surface area contributed by atoms with E-state index in [-0.39, 0.29) is 12.2 Å². The Labute approximate surface area is 114 Å². The molecule has 2 aromatic heterocycles. The highest BCUT2D eigenvalue weighted by Crippen LogP contribution is 2.17. The van der Waals surface area contributed by atoms with Crippen LogP contribution in [0.2, 0.25) is 10.2 Å². The first-order chi connectivity index (χ1) is 8.47. The molecule has 2 rings (SSSR count). The van der Waals surface area contributed by atoms with E-state index >= 15 is 0 Å². The van der Waals surface area contributed by atoms with Gasteiger partial charge in [-0.15, -0.1) is 0 Å². The number of nitrogens with zero attached hydrogens (tertiary/aromatic N) is 3. The summed E-state index contributed by atoms with van der Waals surface area (Å²) in [4.78, 5) is 19.8. The quantitative estimate of drug-likeness (QED) is 0.796. The van der Waals surface area contributed by atoms with Crippen molar-refractivity contribution < 1.29 is 0 Å². The van der Waals surface area contributed by atoms with Gasteiger partial charge in [0.25, 0.3) is 0 Å². The Bertz CT molecular complexity index is 652. The fraction of sp³-hybridized carbons (Fsp3) is 0.250. The van der Waals surface area contributed by atoms with Gasteiger partial charge in [-0.05, 0) is 32.0 Å². The lowest BCUT2D eigenvalue weighted by Crippen LogP contribution is -2.26. The third-order valence-corrected chi connectivity index (χ3v) is 3.09. The van der Waals surface area contributed by atoms with Gasteiger partial charge in [-0.3, -0.25) is 4.57 Å². The highest BCUT2D eigenvalue weighted by molar-refractivity contribution is 6.32. The minimum absolute atomic E-state index is 0.261. The third kappa shape index (κ3) is 2.71. The van der Waals surface area contributed by atoms with E-state index in [9.17, 15) is 4.79 Å². The molecule has 2 aromatic rings. The molecule has 0 fully saturated rings. The van der Waals surface area contributed by atoms with E-state index in [0.717, 1.165) is 5.69 Å². The summed E-state index contributed by atoms with van der Waals surface area (Å²) in [5.41, 5.74) is 1.75. The summed E-state index contributed by atoms with van der Waals surface area (Å²) in [7, 11) is 0. The maximum atomic E-state index is 11.8. The van der Waals surface area contributed by atoms with Gasteiger partial charge in [0.05, 0.1) is 17.3 Å². The van der Waals surface area contributed by atoms with Gasteiger partial charge in [-0.1, -0.05) is 23.2 Å². The fourth-order valence-corrected chi connectivity index (χ4v) is 2.02. The second-order valence-corrected chi connectivity index (χ2v) is 4.76. The first kappa shape index (κ1) is 13.1. The Morgan fingerprint density at radius 1 is 1.22 bits per heavy atom. The number of aryl methyl sites for hydroxylation is 2. The predicted molar refractivity (Wildman–Crippen MR) is 71.3 cm³/mol. The van der Waals surface area contributed by atoms with Crippen LogP contribution >= 0.6 is 23.2 Å². The molecule has 0 atom stereocenters. The molecule has 0 aromatic carbocycles. The Morgan fingerprint density at radius 3 is 2.61 bits per heavy atom. The Hall–Kier alpha value is -1.39. The number of halogens is 2. The molecule has 4 nitrogen and oxygen atoms in total. The zero-order chi connectivity index (χ0) is 13.3. The van der Waals surface area contributed by atoms with Crippen LogP contribution in [0.25, 0.3) is 0 Å². The van der Waals surface area contributed by atoms with Crippen LogP contribution in [-0.2, 0) is 6.54 Å². The molecule has 0 unspecified atom stereocenters. The average Bonchev–Trinajstić information content (AvgIpc) is 2.28. The molecule has 2 heterocycles. The number of pyridine rings is 1. The van der Waals surface area contributed by atoms with E-state index in [0.29, 0.717) is 21.6 Å². The van der Waals surface area contributed by atoms with Gasteiger partial charge >= 0.3 is 5.69 Å². The SMILES string of the molecule is Cc1cc(C)n(Cc2nc(Cl)ccc2Cl)c(=O)n1. The Kier molecular flexibility index (Phi) is 3.68. The van der Waals surface area contributed by atoms with E-state index in [2.05, 4.69) is 9.97 Å². The van der Waals surface area contributed by atoms with Crippen LogP contribution in [0.3, 0.4) is 0 Å². The highest BCUT2D eigenvalue weighted by Gasteiger charge is 2.08. The molecule has 0 amide bonds. The molecule has 94 valence electrons. The molecule has 6 heteroatoms. The third-order valence-electron chi connectivity index (χ3n) is 2.54. The van der Waals surface area contributed by atoms with Crippen molar-refractivity contribution in [3.05, 3.63) is 55.9 Å². The molecule has 0 aliphatic rings. The van der Waals surface area contributed by atoms with Crippen LogP contribution in [-0.4, -0.2) is 14.5 Å². The predicted octanol–water partition coefficient (Wildman–Crippen LogP) is 2.61. The molecule has 0 N–H and O–H groups in total. The van der Waals surface area contributed by atoms with Crippen molar-refractivity contribution in [3.63, 3.8) is 0 Å². The Balaban J connectivity index is 2.46. The number of hydrogen-bond acceptors (Lipinski definition) is 3. The summed E-state index contributed by atoms with van der Waals surface area (Å²) in [5.74, 6) is 0. The van der Waals surface area contributed by atoms with Crippen molar-refractivity contribution in [1.29, 1.82) is 0 Å². The second kappa shape index (κ2) is 5.08. The summed E-state index contributed by atoms with van der Waals surface area (Å²) in [6.45, 7) is 3.88. The minimum Gasteiger partial charge on any atom is -0.291 e. The standard InChI is InChI=1S/C12H11Cl2N3O/c1-7-5-8(2)17(12(18)15-7)6-10-9(13)3-4-11(14)16-10/h3-5H,6H2,1-2H3. The first-order valence-corrected chi connectivity index (χ1v) is 6.09. The Morgan fingerprint density at radius 2 is 1.94 bits per heavy atom. The lowest BCUT2D eigenvalue weighted by molar-refractivity contribution is 0.681. The summed E-state index contributed by atoms with van der Waals surface area (Å²) in [6, 6.07) is 5.10. The topological polar surface area (TPSA) is 47.8 Å². The van der Waals surface area contributed by atoms with Crippen molar-refractivity contribution >= 4 is 23.2 Å². The number of aromatic nitrogens is 3. The van der Waals surface area contributed by atoms with E-state index in [1.165, 1.54) is 4.57 Å². The van der Waals surface area contributed by atoms with Gasteiger partial charge in [-0.25, -0.2) is 9.78 Å². The number of rotatable bonds is 2. The highest BCUT2D eigenvalue weighted by atomic mass is 35.5. The van der Waals surface area contributed by atoms with Gasteiger partial charge in [-0.2, -0.15) is 4.98 Å². The molecule has 0 bridgehead atoms. The van der Waals surface area contributed by atoms with Crippen LogP contribution in [0.15, 0.2) is 23.0 Å². The summed E-state index contributed by atoms with van der Waals surface area (Å²) < 4.78 is 1.51. The normalized spacial score (nSPS) is 10.7. The fourth-order valence-electron chi connectivity index (χ4n) is 1.69. The summed E-state index contributed by atoms with van der Waals surface area (Å²) in [5, 5.41) is 0.825. The molecule has 0 aliphatic heterocycles. The molecule has 0 aliphatic carbocycles. The second-order valence-electron chi connectivity index (χ2n) is 3.97. The zero-order valence-corrected chi connectivity index (χ0v) is 11.5. The molecule has 18 heavy (non-hydrogen) atoms. The van der Waals surface area contributed by atoms with Crippen LogP contribution < -0.4 is 5.69 Å². The molecule has 0 spiro atoms. The largest absolute Gasteiger partial charge is 0.348 e. The average molecular weight is 284 g/mol. The van der Waals surface area contributed by atoms with E-state index in [1.54, 1.807) is 19.1 Å². The van der Waals surface area contributed by atoms with Crippen LogP contribution in [0, 0.1) is 13.8 Å². The smallest absolute Gasteiger partial charge is 0.291 e. The van der Waals surface area contributed by atoms with Crippen molar-refractivity contribution in [2.75, 3.05) is 0 Å². The van der Waals surface area contributed by atoms with Crippen molar-refractivity contribution in [1.82, 2.24) is 14.5 Å². The molecule has 0 saturated carbocycles. The lowest BCUT2D eigenvalue weighted by atomic mass is 10.3. The van der Waals surface area contributed by atoms with Crippen LogP contribution in [0.4, 0.5) is 0 Å². The first-order valence-electron chi connectivity index (χ1n) is 5.33. The molecule has 0 radical (unpaired) electrons. The lowest BCUT2D eigenvalue weighted by Gasteiger charge is -2.10. The van der Waals surface area contributed by atoms with Gasteiger partial charge in [0.15, 0.2) is 0 Å². The van der Waals surface area contributed by atoms with E-state index in [1.807, 2.05) is 13.0 Å². The summed E-state index contributed by atoms with van der Waals surface area (Å²) >= 11 is 11.8. The summed E-state index contributed by atoms with van der Waals surface area (Å²) in [6.07, 6.45) is 0. The van der Waals surface area contributed by atoms with Crippen molar-refractivity contribution in [2.45, 2.75) is 20.4 Å². The van der Waals surface area contributed by atoms with Crippen LogP contribution in [0.1, 0.15) is 17.1 Å². The van der Waals surface area contributed by atoms with E-state index in [4.69, 9.17) is 23.2 Å². The van der Waals surface area contributed by atoms with Gasteiger partial charge < -0.3 is 0 Å². The maximum absolute atomic E-state index is 11.8. The minimum atomic E-state index is -0.314. The molecule has 0 saturated heterocycles. The maximum Gasteiger partial charge on any atom is 0.348 e. The van der Waals surface area contributed by atoms with E-state index < -0.39 is 0 Å². The number of hydrogen-bond donors (Lipinski definition) is 0. The van der Waals surface area contributed by atoms with Gasteiger partial charge in [0, 0.05) is 11.4 Å². The molecular formula is C12H11Cl2N3O. The van der Waals surface area contributed by atoms with Gasteiger partial charge in [0.2, 0.25) is 0 Å². The van der Waals surface area contributed by atoms with Crippen LogP contribution in [0.5, 0.6) is 0 Å². The molecular weight excluding hydrogens is 273 g/mol.